The van der Waals surface area contributed by atoms with Gasteiger partial charge in [0.05, 0.1) is 12.4 Å². The van der Waals surface area contributed by atoms with Crippen molar-refractivity contribution in [3.8, 4) is 0 Å². The van der Waals surface area contributed by atoms with E-state index in [-0.39, 0.29) is 5.97 Å². The van der Waals surface area contributed by atoms with Crippen LogP contribution in [0.5, 0.6) is 0 Å². The smallest absolute Gasteiger partial charge is 0.315 e. The molecule has 1 aliphatic carbocycles. The molecule has 1 saturated carbocycles. The van der Waals surface area contributed by atoms with E-state index < -0.39 is 0 Å². The maximum absolute atomic E-state index is 11.2. The van der Waals surface area contributed by atoms with E-state index in [9.17, 15) is 4.79 Å². The lowest BCUT2D eigenvalue weighted by Gasteiger charge is -2.28. The standard InChI is InChI=1S/C11H21NO2S/c1-3-14-11(13)8-15-10-6-4-5-9(7-10)12-2/h9-10,12H,3-8H2,1-2H3. The summed E-state index contributed by atoms with van der Waals surface area (Å²) in [5.74, 6) is 0.434. The molecule has 88 valence electrons. The van der Waals surface area contributed by atoms with Gasteiger partial charge in [-0.1, -0.05) is 6.42 Å². The van der Waals surface area contributed by atoms with Gasteiger partial charge in [0, 0.05) is 11.3 Å². The lowest BCUT2D eigenvalue weighted by molar-refractivity contribution is -0.139. The third-order valence-corrected chi connectivity index (χ3v) is 4.08. The van der Waals surface area contributed by atoms with Gasteiger partial charge in [-0.05, 0) is 33.2 Å². The van der Waals surface area contributed by atoms with Crippen LogP contribution in [-0.2, 0) is 9.53 Å². The quantitative estimate of drug-likeness (QED) is 0.732. The molecule has 0 spiro atoms. The van der Waals surface area contributed by atoms with Crippen LogP contribution in [0.2, 0.25) is 0 Å². The molecule has 2 unspecified atom stereocenters. The summed E-state index contributed by atoms with van der Waals surface area (Å²) in [6.45, 7) is 2.34. The zero-order valence-corrected chi connectivity index (χ0v) is 10.4. The third kappa shape index (κ3) is 4.89. The van der Waals surface area contributed by atoms with Gasteiger partial charge in [-0.25, -0.2) is 0 Å². The Kier molecular flexibility index (Phi) is 6.10. The Labute approximate surface area is 96.3 Å². The molecular formula is C11H21NO2S. The summed E-state index contributed by atoms with van der Waals surface area (Å²) < 4.78 is 4.91. The Morgan fingerprint density at radius 2 is 2.33 bits per heavy atom. The average Bonchev–Trinajstić information content (AvgIpc) is 2.27. The molecule has 0 radical (unpaired) electrons. The first kappa shape index (κ1) is 12.8. The van der Waals surface area contributed by atoms with Gasteiger partial charge in [0.15, 0.2) is 0 Å². The monoisotopic (exact) mass is 231 g/mol. The van der Waals surface area contributed by atoms with Crippen LogP contribution in [0.25, 0.3) is 0 Å². The van der Waals surface area contributed by atoms with Crippen molar-refractivity contribution in [2.24, 2.45) is 0 Å². The van der Waals surface area contributed by atoms with Gasteiger partial charge in [0.2, 0.25) is 0 Å². The second kappa shape index (κ2) is 7.12. The number of carbonyl (C=O) groups excluding carboxylic acids is 1. The minimum atomic E-state index is -0.0749. The number of hydrogen-bond acceptors (Lipinski definition) is 4. The first-order valence-electron chi connectivity index (χ1n) is 5.70. The Bertz CT molecular complexity index is 199. The van der Waals surface area contributed by atoms with Crippen LogP contribution in [0, 0.1) is 0 Å². The van der Waals surface area contributed by atoms with E-state index in [1.807, 2.05) is 14.0 Å². The van der Waals surface area contributed by atoms with Crippen molar-refractivity contribution in [1.29, 1.82) is 0 Å². The van der Waals surface area contributed by atoms with Crippen LogP contribution in [-0.4, -0.2) is 36.7 Å². The average molecular weight is 231 g/mol. The fraction of sp³-hybridized carbons (Fsp3) is 0.909. The van der Waals surface area contributed by atoms with Crippen molar-refractivity contribution in [3.05, 3.63) is 0 Å². The molecule has 15 heavy (non-hydrogen) atoms. The van der Waals surface area contributed by atoms with Gasteiger partial charge < -0.3 is 10.1 Å². The van der Waals surface area contributed by atoms with Crippen LogP contribution in [0.4, 0.5) is 0 Å². The van der Waals surface area contributed by atoms with E-state index in [0.29, 0.717) is 23.7 Å². The molecule has 1 aliphatic rings. The second-order valence-electron chi connectivity index (χ2n) is 3.89. The topological polar surface area (TPSA) is 38.3 Å². The second-order valence-corrected chi connectivity index (χ2v) is 5.18. The summed E-state index contributed by atoms with van der Waals surface area (Å²) in [5.41, 5.74) is 0. The highest BCUT2D eigenvalue weighted by molar-refractivity contribution is 8.00. The first-order chi connectivity index (χ1) is 7.26. The molecule has 1 fully saturated rings. The largest absolute Gasteiger partial charge is 0.465 e. The molecule has 0 aromatic rings. The van der Waals surface area contributed by atoms with Crippen molar-refractivity contribution in [1.82, 2.24) is 5.32 Å². The Morgan fingerprint density at radius 3 is 3.00 bits per heavy atom. The van der Waals surface area contributed by atoms with E-state index in [1.165, 1.54) is 25.7 Å². The number of carbonyl (C=O) groups is 1. The maximum atomic E-state index is 11.2. The molecule has 0 aromatic heterocycles. The Morgan fingerprint density at radius 1 is 1.53 bits per heavy atom. The SMILES string of the molecule is CCOC(=O)CSC1CCCC(NC)C1. The van der Waals surface area contributed by atoms with Gasteiger partial charge in [-0.2, -0.15) is 0 Å². The summed E-state index contributed by atoms with van der Waals surface area (Å²) in [6.07, 6.45) is 4.96. The minimum absolute atomic E-state index is 0.0749. The molecule has 0 aliphatic heterocycles. The van der Waals surface area contributed by atoms with Crippen LogP contribution in [0.1, 0.15) is 32.6 Å². The van der Waals surface area contributed by atoms with Gasteiger partial charge >= 0.3 is 5.97 Å². The molecule has 2 atom stereocenters. The molecule has 1 rings (SSSR count). The molecule has 4 heteroatoms. The van der Waals surface area contributed by atoms with E-state index in [2.05, 4.69) is 5.32 Å². The van der Waals surface area contributed by atoms with Gasteiger partial charge in [0.25, 0.3) is 0 Å². The van der Waals surface area contributed by atoms with Crippen molar-refractivity contribution in [3.63, 3.8) is 0 Å². The molecule has 0 heterocycles. The summed E-state index contributed by atoms with van der Waals surface area (Å²) in [5, 5.41) is 3.94. The number of nitrogens with one attached hydrogen (secondary N) is 1. The predicted molar refractivity (Wildman–Crippen MR) is 64.2 cm³/mol. The van der Waals surface area contributed by atoms with E-state index in [1.54, 1.807) is 11.8 Å². The predicted octanol–water partition coefficient (Wildman–Crippen LogP) is 1.81. The highest BCUT2D eigenvalue weighted by atomic mass is 32.2. The summed E-state index contributed by atoms with van der Waals surface area (Å²) in [4.78, 5) is 11.2. The molecule has 0 bridgehead atoms. The first-order valence-corrected chi connectivity index (χ1v) is 6.75. The zero-order valence-electron chi connectivity index (χ0n) is 9.62. The summed E-state index contributed by atoms with van der Waals surface area (Å²) >= 11 is 1.75. The highest BCUT2D eigenvalue weighted by Crippen LogP contribution is 2.28. The summed E-state index contributed by atoms with van der Waals surface area (Å²) in [7, 11) is 2.02. The number of ether oxygens (including phenoxy) is 1. The fourth-order valence-corrected chi connectivity index (χ4v) is 3.10. The number of rotatable bonds is 5. The zero-order chi connectivity index (χ0) is 11.1. The molecule has 3 nitrogen and oxygen atoms in total. The van der Waals surface area contributed by atoms with Gasteiger partial charge in [-0.3, -0.25) is 4.79 Å². The molecular weight excluding hydrogens is 210 g/mol. The third-order valence-electron chi connectivity index (χ3n) is 2.78. The highest BCUT2D eigenvalue weighted by Gasteiger charge is 2.21. The lowest BCUT2D eigenvalue weighted by atomic mass is 9.95. The van der Waals surface area contributed by atoms with Crippen LogP contribution < -0.4 is 5.32 Å². The van der Waals surface area contributed by atoms with Crippen LogP contribution in [0.3, 0.4) is 0 Å². The van der Waals surface area contributed by atoms with E-state index in [4.69, 9.17) is 4.74 Å². The number of hydrogen-bond donors (Lipinski definition) is 1. The molecule has 0 saturated heterocycles. The maximum Gasteiger partial charge on any atom is 0.315 e. The Balaban J connectivity index is 2.17. The van der Waals surface area contributed by atoms with Crippen LogP contribution >= 0.6 is 11.8 Å². The normalized spacial score (nSPS) is 26.3. The molecule has 0 amide bonds. The van der Waals surface area contributed by atoms with Gasteiger partial charge in [-0.15, -0.1) is 11.8 Å². The van der Waals surface area contributed by atoms with Crippen molar-refractivity contribution in [2.75, 3.05) is 19.4 Å². The van der Waals surface area contributed by atoms with Gasteiger partial charge in [0.1, 0.15) is 0 Å². The van der Waals surface area contributed by atoms with E-state index in [0.717, 1.165) is 0 Å². The number of esters is 1. The lowest BCUT2D eigenvalue weighted by Crippen LogP contribution is -2.32. The Hall–Kier alpha value is -0.220. The van der Waals surface area contributed by atoms with Crippen LogP contribution in [0.15, 0.2) is 0 Å². The summed E-state index contributed by atoms with van der Waals surface area (Å²) in [6, 6.07) is 0.637. The molecule has 0 aromatic carbocycles. The minimum Gasteiger partial charge on any atom is -0.465 e. The fourth-order valence-electron chi connectivity index (χ4n) is 1.95. The van der Waals surface area contributed by atoms with Crippen molar-refractivity contribution < 1.29 is 9.53 Å². The van der Waals surface area contributed by atoms with Crippen molar-refractivity contribution >= 4 is 17.7 Å². The number of thioether (sulfide) groups is 1. The van der Waals surface area contributed by atoms with Crippen molar-refractivity contribution in [2.45, 2.75) is 43.9 Å². The van der Waals surface area contributed by atoms with E-state index >= 15 is 0 Å². The molecule has 1 N–H and O–H groups in total.